The molecule has 0 rings (SSSR count). The lowest BCUT2D eigenvalue weighted by atomic mass is 10.0. The molecule has 0 spiro atoms. The second-order valence-electron chi connectivity index (χ2n) is 9.90. The van der Waals surface area contributed by atoms with Crippen LogP contribution in [0.4, 0.5) is 0 Å². The van der Waals surface area contributed by atoms with Crippen LogP contribution in [0.3, 0.4) is 0 Å². The van der Waals surface area contributed by atoms with Gasteiger partial charge in [-0.2, -0.15) is 0 Å². The maximum atomic E-state index is 3.79. The first-order valence-electron chi connectivity index (χ1n) is 14.7. The molecule has 0 heterocycles. The second kappa shape index (κ2) is 29.5. The molecule has 0 amide bonds. The lowest BCUT2D eigenvalue weighted by Crippen LogP contribution is -1.84. The minimum atomic E-state index is 1.21. The summed E-state index contributed by atoms with van der Waals surface area (Å²) in [4.78, 5) is 0. The number of unbranched alkanes of at least 4 members (excludes halogenated alkanes) is 24. The van der Waals surface area contributed by atoms with Gasteiger partial charge in [0.2, 0.25) is 0 Å². The quantitative estimate of drug-likeness (QED) is 0.0893. The molecule has 0 aliphatic rings. The van der Waals surface area contributed by atoms with Crippen molar-refractivity contribution < 1.29 is 0 Å². The average Bonchev–Trinajstić information content (AvgIpc) is 2.78. The van der Waals surface area contributed by atoms with E-state index in [0.29, 0.717) is 0 Å². The van der Waals surface area contributed by atoms with E-state index in [4.69, 9.17) is 0 Å². The maximum absolute atomic E-state index is 3.79. The molecule has 0 aliphatic heterocycles. The van der Waals surface area contributed by atoms with Crippen molar-refractivity contribution in [3.8, 4) is 0 Å². The number of allylic oxidation sites excluding steroid dienone is 3. The van der Waals surface area contributed by atoms with Crippen LogP contribution in [-0.4, -0.2) is 0 Å². The molecule has 0 fully saturated rings. The van der Waals surface area contributed by atoms with Crippen LogP contribution < -0.4 is 0 Å². The van der Waals surface area contributed by atoms with Crippen LogP contribution in [0, 0.1) is 0 Å². The molecule has 0 saturated heterocycles. The van der Waals surface area contributed by atoms with E-state index in [1.54, 1.807) is 0 Å². The van der Waals surface area contributed by atoms with Gasteiger partial charge in [0.05, 0.1) is 0 Å². The van der Waals surface area contributed by atoms with Crippen molar-refractivity contribution in [1.29, 1.82) is 0 Å². The van der Waals surface area contributed by atoms with E-state index in [1.165, 1.54) is 167 Å². The first-order chi connectivity index (χ1) is 15.4. The molecule has 0 aromatic carbocycles. The van der Waals surface area contributed by atoms with E-state index in [9.17, 15) is 0 Å². The maximum Gasteiger partial charge on any atom is -0.0351 e. The Labute approximate surface area is 198 Å². The Morgan fingerprint density at radius 2 is 0.613 bits per heavy atom. The topological polar surface area (TPSA) is 0 Å². The van der Waals surface area contributed by atoms with Crippen molar-refractivity contribution in [2.45, 2.75) is 174 Å². The van der Waals surface area contributed by atoms with Crippen LogP contribution in [0.15, 0.2) is 24.8 Å². The summed E-state index contributed by atoms with van der Waals surface area (Å²) in [6, 6.07) is 0. The van der Waals surface area contributed by atoms with Gasteiger partial charge in [0, 0.05) is 0 Å². The van der Waals surface area contributed by atoms with Gasteiger partial charge in [-0.05, 0) is 38.5 Å². The Balaban J connectivity index is 3.03. The van der Waals surface area contributed by atoms with E-state index in [2.05, 4.69) is 31.7 Å². The summed E-state index contributed by atoms with van der Waals surface area (Å²) in [6.07, 6.45) is 43.9. The molecule has 0 unspecified atom stereocenters. The molecule has 0 aromatic rings. The Hall–Kier alpha value is -0.520. The summed E-state index contributed by atoms with van der Waals surface area (Å²) in [6.45, 7) is 6.08. The van der Waals surface area contributed by atoms with Crippen LogP contribution in [0.25, 0.3) is 0 Å². The molecule has 0 radical (unpaired) electrons. The first kappa shape index (κ1) is 30.5. The highest BCUT2D eigenvalue weighted by atomic mass is 14.0. The minimum Gasteiger partial charge on any atom is -0.103 e. The largest absolute Gasteiger partial charge is 0.103 e. The predicted octanol–water partition coefficient (Wildman–Crippen LogP) is 11.9. The molecule has 0 aromatic heterocycles. The Morgan fingerprint density at radius 3 is 0.903 bits per heavy atom. The monoisotopic (exact) mass is 432 g/mol. The fraction of sp³-hybridized carbons (Fsp3) is 0.871. The molecule has 0 N–H and O–H groups in total. The standard InChI is InChI=1S/C31H60/c1-3-5-7-9-11-13-15-17-19-21-23-25-27-29-31-30-28-26-24-22-20-18-16-14-12-10-8-6-4-2/h3,14,16H,1,4-13,15,17-31H2,2H3. The highest BCUT2D eigenvalue weighted by Crippen LogP contribution is 2.15. The second-order valence-corrected chi connectivity index (χ2v) is 9.90. The van der Waals surface area contributed by atoms with Crippen LogP contribution in [0.2, 0.25) is 0 Å². The van der Waals surface area contributed by atoms with Gasteiger partial charge >= 0.3 is 0 Å². The van der Waals surface area contributed by atoms with Gasteiger partial charge in [-0.15, -0.1) is 6.58 Å². The van der Waals surface area contributed by atoms with E-state index in [1.807, 2.05) is 0 Å². The van der Waals surface area contributed by atoms with Crippen LogP contribution in [0.1, 0.15) is 174 Å². The van der Waals surface area contributed by atoms with Gasteiger partial charge in [0.25, 0.3) is 0 Å². The SMILES string of the molecule is C=CCCCCCCCCCCCCCCCCCCCCCC=CCCCCCC. The van der Waals surface area contributed by atoms with E-state index < -0.39 is 0 Å². The fourth-order valence-corrected chi connectivity index (χ4v) is 4.48. The molecule has 0 bridgehead atoms. The van der Waals surface area contributed by atoms with Gasteiger partial charge in [-0.3, -0.25) is 0 Å². The van der Waals surface area contributed by atoms with Gasteiger partial charge in [0.15, 0.2) is 0 Å². The lowest BCUT2D eigenvalue weighted by molar-refractivity contribution is 0.522. The first-order valence-corrected chi connectivity index (χ1v) is 14.7. The van der Waals surface area contributed by atoms with Gasteiger partial charge in [0.1, 0.15) is 0 Å². The van der Waals surface area contributed by atoms with Gasteiger partial charge in [-0.25, -0.2) is 0 Å². The van der Waals surface area contributed by atoms with Gasteiger partial charge in [-0.1, -0.05) is 154 Å². The van der Waals surface area contributed by atoms with Crippen molar-refractivity contribution in [2.75, 3.05) is 0 Å². The van der Waals surface area contributed by atoms with Gasteiger partial charge < -0.3 is 0 Å². The summed E-state index contributed by atoms with van der Waals surface area (Å²) in [5, 5.41) is 0. The zero-order chi connectivity index (χ0) is 22.5. The summed E-state index contributed by atoms with van der Waals surface area (Å²) in [5.74, 6) is 0. The van der Waals surface area contributed by atoms with Crippen molar-refractivity contribution in [3.63, 3.8) is 0 Å². The Morgan fingerprint density at radius 1 is 0.355 bits per heavy atom. The zero-order valence-electron chi connectivity index (χ0n) is 21.8. The van der Waals surface area contributed by atoms with Crippen LogP contribution >= 0.6 is 0 Å². The molecule has 0 atom stereocenters. The Kier molecular flexibility index (Phi) is 29.0. The number of hydrogen-bond donors (Lipinski definition) is 0. The Bertz CT molecular complexity index is 340. The predicted molar refractivity (Wildman–Crippen MR) is 145 cm³/mol. The van der Waals surface area contributed by atoms with E-state index >= 15 is 0 Å². The van der Waals surface area contributed by atoms with Crippen LogP contribution in [0.5, 0.6) is 0 Å². The summed E-state index contributed by atoms with van der Waals surface area (Å²) >= 11 is 0. The molecule has 0 aliphatic carbocycles. The zero-order valence-corrected chi connectivity index (χ0v) is 21.8. The summed E-state index contributed by atoms with van der Waals surface area (Å²) in [7, 11) is 0. The number of hydrogen-bond acceptors (Lipinski definition) is 0. The molecule has 0 heteroatoms. The third kappa shape index (κ3) is 29.5. The highest BCUT2D eigenvalue weighted by Gasteiger charge is 1.95. The van der Waals surface area contributed by atoms with E-state index in [0.717, 1.165) is 0 Å². The molecule has 0 nitrogen and oxygen atoms in total. The average molecular weight is 433 g/mol. The third-order valence-corrected chi connectivity index (χ3v) is 6.67. The van der Waals surface area contributed by atoms with Crippen molar-refractivity contribution in [3.05, 3.63) is 24.8 Å². The molecular formula is C31H60. The molecule has 31 heavy (non-hydrogen) atoms. The van der Waals surface area contributed by atoms with Crippen molar-refractivity contribution in [2.24, 2.45) is 0 Å². The summed E-state index contributed by atoms with van der Waals surface area (Å²) in [5.41, 5.74) is 0. The van der Waals surface area contributed by atoms with E-state index in [-0.39, 0.29) is 0 Å². The number of rotatable bonds is 27. The third-order valence-electron chi connectivity index (χ3n) is 6.67. The molecule has 184 valence electrons. The molecular weight excluding hydrogens is 372 g/mol. The lowest BCUT2D eigenvalue weighted by Gasteiger charge is -2.04. The van der Waals surface area contributed by atoms with Crippen LogP contribution in [-0.2, 0) is 0 Å². The highest BCUT2D eigenvalue weighted by molar-refractivity contribution is 4.81. The van der Waals surface area contributed by atoms with Crippen molar-refractivity contribution >= 4 is 0 Å². The summed E-state index contributed by atoms with van der Waals surface area (Å²) < 4.78 is 0. The minimum absolute atomic E-state index is 1.21. The smallest absolute Gasteiger partial charge is 0.0351 e. The van der Waals surface area contributed by atoms with Crippen molar-refractivity contribution in [1.82, 2.24) is 0 Å². The normalized spacial score (nSPS) is 11.5. The molecule has 0 saturated carbocycles. The fourth-order valence-electron chi connectivity index (χ4n) is 4.48.